The number of hydrogen-bond acceptors (Lipinski definition) is 6. The minimum Gasteiger partial charge on any atom is -0.310 e. The summed E-state index contributed by atoms with van der Waals surface area (Å²) in [5.41, 5.74) is 21.0. The predicted molar refractivity (Wildman–Crippen MR) is 619 cm³/mol. The molecule has 0 amide bonds. The smallest absolute Gasteiger partial charge is 0.0780 e. The zero-order valence-corrected chi connectivity index (χ0v) is 78.8. The van der Waals surface area contributed by atoms with Gasteiger partial charge in [0.2, 0.25) is 0 Å². The maximum Gasteiger partial charge on any atom is 0.0780 e. The molecule has 0 spiro atoms. The van der Waals surface area contributed by atoms with Crippen molar-refractivity contribution < 1.29 is 0 Å². The summed E-state index contributed by atoms with van der Waals surface area (Å²) >= 11 is 0. The van der Waals surface area contributed by atoms with Crippen LogP contribution in [0.15, 0.2) is 522 Å². The fraction of sp³-hybridized carbons (Fsp3) is 0. The van der Waals surface area contributed by atoms with Gasteiger partial charge in [0.1, 0.15) is 0 Å². The van der Waals surface area contributed by atoms with Gasteiger partial charge in [0.05, 0.1) is 27.9 Å². The average molecular weight is 1840 g/mol. The van der Waals surface area contributed by atoms with E-state index < -0.39 is 0 Å². The molecule has 31 rings (SSSR count). The highest BCUT2D eigenvalue weighted by Gasteiger charge is 2.28. The van der Waals surface area contributed by atoms with Crippen LogP contribution >= 0.6 is 0 Å². The molecule has 28 aromatic carbocycles. The molecule has 31 aromatic rings. The van der Waals surface area contributed by atoms with Crippen molar-refractivity contribution in [1.29, 1.82) is 0 Å². The lowest BCUT2D eigenvalue weighted by Crippen LogP contribution is -2.11. The predicted octanol–water partition coefficient (Wildman–Crippen LogP) is 38.9. The summed E-state index contributed by atoms with van der Waals surface area (Å²) in [6.07, 6.45) is 5.70. The molecule has 6 heteroatoms. The molecule has 0 N–H and O–H groups in total. The molecule has 0 aliphatic rings. The second-order valence-corrected chi connectivity index (χ2v) is 38.2. The van der Waals surface area contributed by atoms with Crippen molar-refractivity contribution in [1.82, 2.24) is 15.0 Å². The van der Waals surface area contributed by atoms with Crippen LogP contribution in [0.1, 0.15) is 0 Å². The topological polar surface area (TPSA) is 48.4 Å². The summed E-state index contributed by atoms with van der Waals surface area (Å²) in [6.45, 7) is 0. The zero-order valence-electron chi connectivity index (χ0n) is 78.8. The Labute approximate surface area is 835 Å². The quantitative estimate of drug-likeness (QED) is 0.0897. The first-order valence-electron chi connectivity index (χ1n) is 49.8. The molecular formula is C139H86N6. The molecule has 0 aliphatic carbocycles. The van der Waals surface area contributed by atoms with Crippen LogP contribution in [0.2, 0.25) is 0 Å². The number of aromatic nitrogens is 3. The van der Waals surface area contributed by atoms with E-state index in [9.17, 15) is 0 Å². The van der Waals surface area contributed by atoms with Crippen molar-refractivity contribution in [3.63, 3.8) is 0 Å². The van der Waals surface area contributed by atoms with Gasteiger partial charge in [0.15, 0.2) is 0 Å². The summed E-state index contributed by atoms with van der Waals surface area (Å²) < 4.78 is 0. The Bertz CT molecular complexity index is 10400. The minimum absolute atomic E-state index is 1.06. The van der Waals surface area contributed by atoms with Crippen LogP contribution in [0, 0.1) is 0 Å². The molecule has 672 valence electrons. The van der Waals surface area contributed by atoms with E-state index in [2.05, 4.69) is 500 Å². The summed E-state index contributed by atoms with van der Waals surface area (Å²) in [4.78, 5) is 21.5. The largest absolute Gasteiger partial charge is 0.310 e. The first kappa shape index (κ1) is 82.8. The second kappa shape index (κ2) is 33.8. The maximum absolute atomic E-state index is 4.83. The number of nitrogens with zero attached hydrogens (tertiary/aromatic N) is 6. The molecule has 0 bridgehead atoms. The summed E-state index contributed by atoms with van der Waals surface area (Å²) in [5.74, 6) is 0. The van der Waals surface area contributed by atoms with E-state index in [1.807, 2.05) is 36.8 Å². The van der Waals surface area contributed by atoms with Crippen molar-refractivity contribution in [3.05, 3.63) is 522 Å². The third-order valence-corrected chi connectivity index (χ3v) is 30.3. The van der Waals surface area contributed by atoms with E-state index in [0.717, 1.165) is 62.0 Å². The number of pyridine rings is 3. The van der Waals surface area contributed by atoms with Gasteiger partial charge in [-0.2, -0.15) is 0 Å². The molecule has 0 radical (unpaired) electrons. The first-order valence-corrected chi connectivity index (χ1v) is 49.8. The summed E-state index contributed by atoms with van der Waals surface area (Å²) in [6, 6.07) is 183. The van der Waals surface area contributed by atoms with Crippen molar-refractivity contribution in [2.45, 2.75) is 0 Å². The van der Waals surface area contributed by atoms with Crippen LogP contribution in [0.3, 0.4) is 0 Å². The molecule has 0 fully saturated rings. The van der Waals surface area contributed by atoms with Crippen molar-refractivity contribution in [3.8, 4) is 33.4 Å². The normalized spacial score (nSPS) is 11.9. The Morgan fingerprint density at radius 1 is 0.138 bits per heavy atom. The number of rotatable bonds is 12. The highest BCUT2D eigenvalue weighted by molar-refractivity contribution is 6.36. The lowest BCUT2D eigenvalue weighted by Gasteiger charge is -2.29. The Hall–Kier alpha value is -19.3. The molecule has 0 atom stereocenters. The van der Waals surface area contributed by atoms with Crippen LogP contribution in [0.5, 0.6) is 0 Å². The van der Waals surface area contributed by atoms with Crippen molar-refractivity contribution in [2.24, 2.45) is 0 Å². The average Bonchev–Trinajstić information content (AvgIpc) is 0.334. The molecule has 3 aromatic heterocycles. The van der Waals surface area contributed by atoms with Gasteiger partial charge in [0, 0.05) is 107 Å². The lowest BCUT2D eigenvalue weighted by molar-refractivity contribution is 1.29. The monoisotopic (exact) mass is 1840 g/mol. The van der Waals surface area contributed by atoms with Gasteiger partial charge in [-0.3, -0.25) is 15.0 Å². The number of benzene rings is 28. The molecule has 0 unspecified atom stereocenters. The molecular weight excluding hydrogens is 1750 g/mol. The molecule has 0 saturated carbocycles. The number of para-hydroxylation sites is 6. The lowest BCUT2D eigenvalue weighted by atomic mass is 9.85. The van der Waals surface area contributed by atoms with Gasteiger partial charge in [-0.05, 0) is 313 Å². The van der Waals surface area contributed by atoms with Gasteiger partial charge in [-0.15, -0.1) is 0 Å². The second-order valence-electron chi connectivity index (χ2n) is 38.2. The van der Waals surface area contributed by atoms with Crippen LogP contribution in [-0.4, -0.2) is 15.0 Å². The van der Waals surface area contributed by atoms with E-state index >= 15 is 0 Å². The molecule has 145 heavy (non-hydrogen) atoms. The van der Waals surface area contributed by atoms with Crippen LogP contribution in [-0.2, 0) is 0 Å². The van der Waals surface area contributed by atoms with E-state index in [-0.39, 0.29) is 0 Å². The number of hydrogen-bond donors (Lipinski definition) is 0. The standard InChI is InChI=1S/C49H30N2.2C45H28N2/c1-3-13-34(14-4-1)51(35-15-5-2-6-16-35)46-30-45-37-18-8-7-17-36(37)43(29-44(45)38-19-9-10-20-40(38)46)39-24-23-31-21-22-32-28-33-12-11-27-50-49(33)42-26-25-41(39)47(31)48(32)42;1-3-13-32(14-4-1)47(33-15-5-2-6-16-33)45-38-19-9-7-17-34(38)43(35-18-8-10-20-39(35)45)37-24-23-29-21-22-30-28-31-12-11-27-46-44(31)40-26-25-36(37)41(29)42(30)40;1-3-9-35(10-4-1)47(36-11-5-2-6-12-36)37-19-22-39-32(28-37)15-14-30-26-31(18-21-38(30)39)40-20-17-29-13-16-33-27-34-8-7-25-46-45(34)42-24-23-41(40)43(29)44(33)42/h1-30H;2*1-28H. The summed E-state index contributed by atoms with van der Waals surface area (Å²) in [5, 5.41) is 43.7. The molecule has 0 saturated heterocycles. The van der Waals surface area contributed by atoms with E-state index in [1.54, 1.807) is 0 Å². The Kier molecular flexibility index (Phi) is 19.3. The Morgan fingerprint density at radius 2 is 0.455 bits per heavy atom. The first-order chi connectivity index (χ1) is 72.0. The van der Waals surface area contributed by atoms with E-state index in [0.29, 0.717) is 0 Å². The van der Waals surface area contributed by atoms with Crippen LogP contribution in [0.25, 0.3) is 238 Å². The highest BCUT2D eigenvalue weighted by Crippen LogP contribution is 2.55. The molecule has 3 heterocycles. The zero-order chi connectivity index (χ0) is 95.3. The van der Waals surface area contributed by atoms with E-state index in [4.69, 9.17) is 15.0 Å². The third-order valence-electron chi connectivity index (χ3n) is 30.3. The number of anilines is 9. The van der Waals surface area contributed by atoms with Crippen molar-refractivity contribution >= 4 is 256 Å². The maximum atomic E-state index is 4.83. The van der Waals surface area contributed by atoms with Gasteiger partial charge in [-0.25, -0.2) is 0 Å². The highest BCUT2D eigenvalue weighted by atomic mass is 15.2. The Morgan fingerprint density at radius 3 is 0.917 bits per heavy atom. The van der Waals surface area contributed by atoms with Gasteiger partial charge < -0.3 is 14.7 Å². The molecule has 0 aliphatic heterocycles. The Balaban J connectivity index is 0.000000103. The summed E-state index contributed by atoms with van der Waals surface area (Å²) in [7, 11) is 0. The number of fused-ring (bicyclic) bond motifs is 16. The van der Waals surface area contributed by atoms with Crippen LogP contribution < -0.4 is 14.7 Å². The van der Waals surface area contributed by atoms with Crippen LogP contribution in [0.4, 0.5) is 51.2 Å². The fourth-order valence-electron chi connectivity index (χ4n) is 24.0. The van der Waals surface area contributed by atoms with E-state index in [1.165, 1.54) is 228 Å². The minimum atomic E-state index is 1.06. The van der Waals surface area contributed by atoms with Gasteiger partial charge in [0.25, 0.3) is 0 Å². The van der Waals surface area contributed by atoms with Gasteiger partial charge in [-0.1, -0.05) is 364 Å². The van der Waals surface area contributed by atoms with Gasteiger partial charge >= 0.3 is 0 Å². The fourth-order valence-corrected chi connectivity index (χ4v) is 24.0. The molecule has 6 nitrogen and oxygen atoms in total. The SMILES string of the molecule is c1ccc(N(c2ccccc2)c2c3ccccc3c(-c3ccc4ccc5cc6cccnc6c6ccc3c4c56)c3ccccc23)cc1.c1ccc(N(c2ccccc2)c2cc3c4ccccc4c(-c4ccc5ccc6cc7cccnc7c7ccc4c5c67)cc3c3ccccc23)cc1.c1ccc(N(c2ccccc2)c2ccc3c(ccc4cc(-c5ccc6ccc7cc8cccnc8c8ccc5c6c78)ccc43)c2)cc1. The van der Waals surface area contributed by atoms with Crippen molar-refractivity contribution in [2.75, 3.05) is 14.7 Å². The third kappa shape index (κ3) is 13.5.